The van der Waals surface area contributed by atoms with E-state index in [9.17, 15) is 0 Å². The van der Waals surface area contributed by atoms with E-state index >= 15 is 0 Å². The zero-order valence-corrected chi connectivity index (χ0v) is 4.81. The number of nitrogens with zero attached hydrogens (tertiary/aromatic N) is 1. The Bertz CT molecular complexity index is 115. The molecule has 38 valence electrons. The summed E-state index contributed by atoms with van der Waals surface area (Å²) >= 11 is 0. The van der Waals surface area contributed by atoms with Gasteiger partial charge in [0.2, 0.25) is 0 Å². The maximum absolute atomic E-state index is 2.16. The van der Waals surface area contributed by atoms with Crippen LogP contribution >= 0.6 is 0 Å². The van der Waals surface area contributed by atoms with Crippen molar-refractivity contribution in [2.75, 3.05) is 13.6 Å². The molecule has 0 fully saturated rings. The van der Waals surface area contributed by atoms with Crippen molar-refractivity contribution in [2.45, 2.75) is 6.92 Å². The van der Waals surface area contributed by atoms with Crippen LogP contribution in [0.2, 0.25) is 0 Å². The van der Waals surface area contributed by atoms with Gasteiger partial charge < -0.3 is 0 Å². The maximum atomic E-state index is 2.16. The highest BCUT2D eigenvalue weighted by Crippen LogP contribution is 1.94. The van der Waals surface area contributed by atoms with E-state index in [1.54, 1.807) is 0 Å². The zero-order chi connectivity index (χ0) is 5.28. The lowest BCUT2D eigenvalue weighted by atomic mass is 10.3. The molecular formula is C6H10N+. The minimum Gasteiger partial charge on any atom is -0.235 e. The second kappa shape index (κ2) is 1.49. The van der Waals surface area contributed by atoms with Gasteiger partial charge in [0, 0.05) is 6.08 Å². The average molecular weight is 96.2 g/mol. The van der Waals surface area contributed by atoms with Gasteiger partial charge in [0.05, 0.1) is 0 Å². The Labute approximate surface area is 44.0 Å². The summed E-state index contributed by atoms with van der Waals surface area (Å²) in [4.78, 5) is 0. The smallest absolute Gasteiger partial charge is 0.164 e. The molecule has 1 heterocycles. The van der Waals surface area contributed by atoms with Gasteiger partial charge in [-0.2, -0.15) is 0 Å². The molecule has 0 N–H and O–H groups in total. The molecule has 0 aromatic heterocycles. The molecule has 1 rings (SSSR count). The van der Waals surface area contributed by atoms with E-state index in [2.05, 4.69) is 30.8 Å². The quantitative estimate of drug-likeness (QED) is 0.390. The largest absolute Gasteiger partial charge is 0.235 e. The third-order valence-electron chi connectivity index (χ3n) is 1.11. The Kier molecular flexibility index (Phi) is 0.970. The highest BCUT2D eigenvalue weighted by Gasteiger charge is 2.02. The summed E-state index contributed by atoms with van der Waals surface area (Å²) in [6, 6.07) is 0. The lowest BCUT2D eigenvalue weighted by molar-refractivity contribution is -0.479. The summed E-state index contributed by atoms with van der Waals surface area (Å²) in [7, 11) is 2.08. The van der Waals surface area contributed by atoms with Crippen molar-refractivity contribution in [1.29, 1.82) is 0 Å². The number of hydrogen-bond acceptors (Lipinski definition) is 0. The van der Waals surface area contributed by atoms with Crippen LogP contribution in [0.1, 0.15) is 6.92 Å². The topological polar surface area (TPSA) is 3.01 Å². The van der Waals surface area contributed by atoms with Gasteiger partial charge in [-0.1, -0.05) is 0 Å². The molecule has 0 bridgehead atoms. The fourth-order valence-electron chi connectivity index (χ4n) is 0.753. The van der Waals surface area contributed by atoms with Crippen LogP contribution < -0.4 is 0 Å². The molecule has 0 atom stereocenters. The minimum atomic E-state index is 1.11. The summed E-state index contributed by atoms with van der Waals surface area (Å²) in [6.07, 6.45) is 4.23. The van der Waals surface area contributed by atoms with E-state index in [0.29, 0.717) is 0 Å². The van der Waals surface area contributed by atoms with E-state index in [-0.39, 0.29) is 0 Å². The van der Waals surface area contributed by atoms with Crippen LogP contribution in [-0.2, 0) is 0 Å². The third kappa shape index (κ3) is 0.889. The van der Waals surface area contributed by atoms with Crippen molar-refractivity contribution in [3.8, 4) is 0 Å². The van der Waals surface area contributed by atoms with Crippen LogP contribution in [0, 0.1) is 0 Å². The molecule has 0 spiro atoms. The van der Waals surface area contributed by atoms with Gasteiger partial charge in [0.1, 0.15) is 7.05 Å². The van der Waals surface area contributed by atoms with E-state index in [0.717, 1.165) is 6.54 Å². The van der Waals surface area contributed by atoms with Crippen molar-refractivity contribution in [2.24, 2.45) is 0 Å². The second-order valence-electron chi connectivity index (χ2n) is 2.08. The second-order valence-corrected chi connectivity index (χ2v) is 2.08. The molecule has 1 nitrogen and oxygen atoms in total. The Hall–Kier alpha value is -0.590. The van der Waals surface area contributed by atoms with Crippen LogP contribution in [0.25, 0.3) is 0 Å². The number of allylic oxidation sites excluding steroid dienone is 1. The van der Waals surface area contributed by atoms with E-state index in [1.165, 1.54) is 5.57 Å². The molecule has 0 aliphatic carbocycles. The average Bonchev–Trinajstić information content (AvgIpc) is 1.87. The minimum absolute atomic E-state index is 1.11. The number of rotatable bonds is 0. The standard InChI is InChI=1S/C6H10N/c1-6-3-4-7(2)5-6/h3-4H,5H2,1-2H3/q+1. The first-order chi connectivity index (χ1) is 3.29. The predicted octanol–water partition coefficient (Wildman–Crippen LogP) is 0.659. The van der Waals surface area contributed by atoms with Crippen molar-refractivity contribution in [1.82, 2.24) is 0 Å². The van der Waals surface area contributed by atoms with Gasteiger partial charge in [-0.25, -0.2) is 4.58 Å². The Morgan fingerprint density at radius 2 is 2.43 bits per heavy atom. The fourth-order valence-corrected chi connectivity index (χ4v) is 0.753. The molecule has 0 saturated carbocycles. The van der Waals surface area contributed by atoms with E-state index < -0.39 is 0 Å². The summed E-state index contributed by atoms with van der Waals surface area (Å²) in [5.41, 5.74) is 1.45. The first kappa shape index (κ1) is 4.57. The number of hydrogen-bond donors (Lipinski definition) is 0. The lowest BCUT2D eigenvalue weighted by Crippen LogP contribution is -2.01. The fraction of sp³-hybridized carbons (Fsp3) is 0.500. The zero-order valence-electron chi connectivity index (χ0n) is 4.81. The van der Waals surface area contributed by atoms with Gasteiger partial charge in [-0.15, -0.1) is 0 Å². The van der Waals surface area contributed by atoms with Crippen molar-refractivity contribution >= 4 is 6.21 Å². The molecule has 0 aromatic rings. The molecule has 0 amide bonds. The van der Waals surface area contributed by atoms with Gasteiger partial charge in [0.25, 0.3) is 0 Å². The van der Waals surface area contributed by atoms with Crippen LogP contribution in [-0.4, -0.2) is 24.4 Å². The lowest BCUT2D eigenvalue weighted by Gasteiger charge is -1.83. The highest BCUT2D eigenvalue weighted by atomic mass is 15.0. The van der Waals surface area contributed by atoms with Gasteiger partial charge >= 0.3 is 0 Å². The monoisotopic (exact) mass is 96.1 g/mol. The Morgan fingerprint density at radius 3 is 2.57 bits per heavy atom. The molecule has 1 aliphatic heterocycles. The first-order valence-electron chi connectivity index (χ1n) is 2.50. The van der Waals surface area contributed by atoms with Crippen LogP contribution in [0.4, 0.5) is 0 Å². The van der Waals surface area contributed by atoms with Gasteiger partial charge in [0.15, 0.2) is 12.8 Å². The molecular weight excluding hydrogens is 86.1 g/mol. The van der Waals surface area contributed by atoms with E-state index in [4.69, 9.17) is 0 Å². The van der Waals surface area contributed by atoms with Gasteiger partial charge in [-0.05, 0) is 12.5 Å². The molecule has 1 aliphatic rings. The van der Waals surface area contributed by atoms with Crippen molar-refractivity contribution in [3.05, 3.63) is 11.6 Å². The normalized spacial score (nSPS) is 19.1. The molecule has 0 aromatic carbocycles. The number of likely N-dealkylation sites (N-methyl/N-ethyl adjacent to an activating group) is 1. The molecule has 0 unspecified atom stereocenters. The van der Waals surface area contributed by atoms with E-state index in [1.807, 2.05) is 0 Å². The summed E-state index contributed by atoms with van der Waals surface area (Å²) < 4.78 is 2.16. The van der Waals surface area contributed by atoms with Crippen LogP contribution in [0.3, 0.4) is 0 Å². The van der Waals surface area contributed by atoms with Crippen LogP contribution in [0.5, 0.6) is 0 Å². The Morgan fingerprint density at radius 1 is 1.71 bits per heavy atom. The van der Waals surface area contributed by atoms with Crippen molar-refractivity contribution < 1.29 is 4.58 Å². The summed E-state index contributed by atoms with van der Waals surface area (Å²) in [5.74, 6) is 0. The van der Waals surface area contributed by atoms with Crippen molar-refractivity contribution in [3.63, 3.8) is 0 Å². The van der Waals surface area contributed by atoms with Crippen LogP contribution in [0.15, 0.2) is 11.6 Å². The summed E-state index contributed by atoms with van der Waals surface area (Å²) in [6.45, 7) is 3.25. The highest BCUT2D eigenvalue weighted by molar-refractivity contribution is 5.69. The molecule has 7 heavy (non-hydrogen) atoms. The molecule has 0 radical (unpaired) electrons. The SMILES string of the molecule is CC1=CC=[N+](C)C1. The summed E-state index contributed by atoms with van der Waals surface area (Å²) in [5, 5.41) is 0. The molecule has 0 saturated heterocycles. The Balaban J connectivity index is 2.61. The third-order valence-corrected chi connectivity index (χ3v) is 1.11. The first-order valence-corrected chi connectivity index (χ1v) is 2.50. The maximum Gasteiger partial charge on any atom is 0.164 e. The van der Waals surface area contributed by atoms with Gasteiger partial charge in [-0.3, -0.25) is 0 Å². The molecule has 1 heteroatoms. The predicted molar refractivity (Wildman–Crippen MR) is 30.9 cm³/mol.